The molecule has 0 aliphatic heterocycles. The summed E-state index contributed by atoms with van der Waals surface area (Å²) in [6.07, 6.45) is 1.68. The van der Waals surface area contributed by atoms with Gasteiger partial charge in [0.15, 0.2) is 5.82 Å². The van der Waals surface area contributed by atoms with E-state index < -0.39 is 0 Å². The van der Waals surface area contributed by atoms with Crippen LogP contribution >= 0.6 is 11.3 Å². The minimum atomic E-state index is 0.600. The second-order valence-electron chi connectivity index (χ2n) is 6.04. The summed E-state index contributed by atoms with van der Waals surface area (Å²) in [6.45, 7) is 6.08. The first-order valence-corrected chi connectivity index (χ1v) is 9.01. The van der Waals surface area contributed by atoms with Crippen LogP contribution in [0.15, 0.2) is 28.9 Å². The Labute approximate surface area is 149 Å². The lowest BCUT2D eigenvalue weighted by Gasteiger charge is -2.04. The van der Waals surface area contributed by atoms with Crippen molar-refractivity contribution >= 4 is 37.6 Å². The van der Waals surface area contributed by atoms with Gasteiger partial charge in [0.2, 0.25) is 0 Å². The predicted molar refractivity (Wildman–Crippen MR) is 100 cm³/mol. The van der Waals surface area contributed by atoms with Gasteiger partial charge in [-0.1, -0.05) is 0 Å². The summed E-state index contributed by atoms with van der Waals surface area (Å²) in [6, 6.07) is 5.96. The van der Waals surface area contributed by atoms with Crippen LogP contribution < -0.4 is 5.32 Å². The number of rotatable bonds is 6. The summed E-state index contributed by atoms with van der Waals surface area (Å²) in [4.78, 5) is 5.77. The van der Waals surface area contributed by atoms with Crippen molar-refractivity contribution in [2.75, 3.05) is 19.0 Å². The monoisotopic (exact) mass is 356 g/mol. The van der Waals surface area contributed by atoms with Gasteiger partial charge in [0.25, 0.3) is 0 Å². The van der Waals surface area contributed by atoms with Crippen LogP contribution in [0, 0.1) is 13.8 Å². The molecule has 0 unspecified atom stereocenters. The molecule has 0 amide bonds. The van der Waals surface area contributed by atoms with Gasteiger partial charge < -0.3 is 14.5 Å². The number of nitrogens with zero attached hydrogens (tertiary/aromatic N) is 3. The summed E-state index contributed by atoms with van der Waals surface area (Å²) in [7, 11) is 1.71. The van der Waals surface area contributed by atoms with Crippen molar-refractivity contribution in [3.8, 4) is 0 Å². The standard InChI is InChI=1S/C18H20N4O2S/c1-11-9-12(2)20-18-14(11)15-16(25-18)17(21-22(15)6-8-23-3)19-10-13-5-4-7-24-13/h4-5,7,9H,6,8,10H2,1-3H3,(H,19,21). The third kappa shape index (κ3) is 2.89. The lowest BCUT2D eigenvalue weighted by Crippen LogP contribution is -2.07. The Balaban J connectivity index is 1.83. The third-order valence-corrected chi connectivity index (χ3v) is 5.25. The van der Waals surface area contributed by atoms with Crippen molar-refractivity contribution in [2.45, 2.75) is 26.9 Å². The van der Waals surface area contributed by atoms with Gasteiger partial charge in [0, 0.05) is 18.2 Å². The maximum absolute atomic E-state index is 5.41. The molecule has 1 N–H and O–H groups in total. The maximum atomic E-state index is 5.41. The molecule has 0 aliphatic rings. The second-order valence-corrected chi connectivity index (χ2v) is 7.04. The molecule has 0 spiro atoms. The normalized spacial score (nSPS) is 11.6. The molecule has 6 nitrogen and oxygen atoms in total. The van der Waals surface area contributed by atoms with Gasteiger partial charge >= 0.3 is 0 Å². The second kappa shape index (κ2) is 6.50. The number of hydrogen-bond acceptors (Lipinski definition) is 6. The molecule has 0 fully saturated rings. The van der Waals surface area contributed by atoms with Crippen molar-refractivity contribution in [3.63, 3.8) is 0 Å². The molecule has 0 aromatic carbocycles. The first kappa shape index (κ1) is 16.1. The Morgan fingerprint density at radius 2 is 2.24 bits per heavy atom. The van der Waals surface area contributed by atoms with Crippen LogP contribution in [0.25, 0.3) is 20.4 Å². The molecule has 0 aliphatic carbocycles. The number of hydrogen-bond donors (Lipinski definition) is 1. The average molecular weight is 356 g/mol. The molecule has 0 bridgehead atoms. The Hall–Kier alpha value is -2.38. The van der Waals surface area contributed by atoms with E-state index in [0.29, 0.717) is 19.7 Å². The van der Waals surface area contributed by atoms with E-state index >= 15 is 0 Å². The Morgan fingerprint density at radius 1 is 1.36 bits per heavy atom. The van der Waals surface area contributed by atoms with Gasteiger partial charge in [-0.3, -0.25) is 4.68 Å². The summed E-state index contributed by atoms with van der Waals surface area (Å²) >= 11 is 1.68. The largest absolute Gasteiger partial charge is 0.467 e. The van der Waals surface area contributed by atoms with E-state index in [2.05, 4.69) is 18.3 Å². The van der Waals surface area contributed by atoms with Crippen LogP contribution in [-0.2, 0) is 17.8 Å². The summed E-state index contributed by atoms with van der Waals surface area (Å²) < 4.78 is 13.8. The minimum Gasteiger partial charge on any atom is -0.467 e. The number of furan rings is 1. The van der Waals surface area contributed by atoms with Gasteiger partial charge in [-0.15, -0.1) is 11.3 Å². The molecule has 0 atom stereocenters. The lowest BCUT2D eigenvalue weighted by atomic mass is 10.1. The Kier molecular flexibility index (Phi) is 4.19. The summed E-state index contributed by atoms with van der Waals surface area (Å²) in [5.74, 6) is 1.74. The SMILES string of the molecule is COCCn1nc(NCc2ccco2)c2sc3nc(C)cc(C)c3c21. The van der Waals surface area contributed by atoms with Crippen molar-refractivity contribution < 1.29 is 9.15 Å². The van der Waals surface area contributed by atoms with E-state index in [1.165, 1.54) is 10.9 Å². The molecule has 4 heterocycles. The van der Waals surface area contributed by atoms with Gasteiger partial charge in [-0.2, -0.15) is 5.10 Å². The van der Waals surface area contributed by atoms with Crippen molar-refractivity contribution in [1.82, 2.24) is 14.8 Å². The minimum absolute atomic E-state index is 0.600. The van der Waals surface area contributed by atoms with Crippen molar-refractivity contribution in [1.29, 1.82) is 0 Å². The van der Waals surface area contributed by atoms with Gasteiger partial charge in [-0.25, -0.2) is 4.98 Å². The number of nitrogens with one attached hydrogen (secondary N) is 1. The maximum Gasteiger partial charge on any atom is 0.166 e. The lowest BCUT2D eigenvalue weighted by molar-refractivity contribution is 0.185. The molecule has 0 saturated carbocycles. The topological polar surface area (TPSA) is 65.1 Å². The number of ether oxygens (including phenoxy) is 1. The first-order chi connectivity index (χ1) is 12.2. The van der Waals surface area contributed by atoms with Crippen molar-refractivity contribution in [3.05, 3.63) is 41.5 Å². The quantitative estimate of drug-likeness (QED) is 0.563. The molecule has 0 radical (unpaired) electrons. The predicted octanol–water partition coefficient (Wildman–Crippen LogP) is 4.11. The number of pyridine rings is 1. The van der Waals surface area contributed by atoms with Gasteiger partial charge in [0.05, 0.1) is 36.2 Å². The van der Waals surface area contributed by atoms with Crippen LogP contribution in [0.4, 0.5) is 5.82 Å². The fraction of sp³-hybridized carbons (Fsp3) is 0.333. The molecule has 25 heavy (non-hydrogen) atoms. The smallest absolute Gasteiger partial charge is 0.166 e. The molecular weight excluding hydrogens is 336 g/mol. The fourth-order valence-electron chi connectivity index (χ4n) is 3.09. The molecule has 7 heteroatoms. The zero-order chi connectivity index (χ0) is 17.4. The van der Waals surface area contributed by atoms with E-state index in [0.717, 1.165) is 32.3 Å². The van der Waals surface area contributed by atoms with Gasteiger partial charge in [-0.05, 0) is 37.6 Å². The highest BCUT2D eigenvalue weighted by atomic mass is 32.1. The number of methoxy groups -OCH3 is 1. The number of anilines is 1. The average Bonchev–Trinajstić information content (AvgIpc) is 3.27. The van der Waals surface area contributed by atoms with E-state index in [-0.39, 0.29) is 0 Å². The van der Waals surface area contributed by atoms with E-state index in [1.807, 2.05) is 23.7 Å². The first-order valence-electron chi connectivity index (χ1n) is 8.20. The third-order valence-electron chi connectivity index (χ3n) is 4.17. The van der Waals surface area contributed by atoms with Crippen LogP contribution in [0.2, 0.25) is 0 Å². The zero-order valence-electron chi connectivity index (χ0n) is 14.5. The van der Waals surface area contributed by atoms with Crippen LogP contribution in [0.5, 0.6) is 0 Å². The fourth-order valence-corrected chi connectivity index (χ4v) is 4.34. The highest BCUT2D eigenvalue weighted by Gasteiger charge is 2.19. The Morgan fingerprint density at radius 3 is 3.00 bits per heavy atom. The number of aryl methyl sites for hydroxylation is 2. The molecule has 4 aromatic rings. The van der Waals surface area contributed by atoms with Gasteiger partial charge in [0.1, 0.15) is 10.6 Å². The van der Waals surface area contributed by atoms with E-state index in [9.17, 15) is 0 Å². The Bertz CT molecular complexity index is 1020. The van der Waals surface area contributed by atoms with Crippen LogP contribution in [0.3, 0.4) is 0 Å². The molecule has 4 aromatic heterocycles. The molecular formula is C18H20N4O2S. The highest BCUT2D eigenvalue weighted by Crippen LogP contribution is 2.39. The summed E-state index contributed by atoms with van der Waals surface area (Å²) in [5.41, 5.74) is 3.39. The highest BCUT2D eigenvalue weighted by molar-refractivity contribution is 7.26. The van der Waals surface area contributed by atoms with Crippen molar-refractivity contribution in [2.24, 2.45) is 0 Å². The van der Waals surface area contributed by atoms with E-state index in [4.69, 9.17) is 19.2 Å². The number of fused-ring (bicyclic) bond motifs is 3. The molecule has 0 saturated heterocycles. The van der Waals surface area contributed by atoms with Crippen LogP contribution in [0.1, 0.15) is 17.0 Å². The van der Waals surface area contributed by atoms with Crippen LogP contribution in [-0.4, -0.2) is 28.5 Å². The molecule has 4 rings (SSSR count). The number of thiophene rings is 1. The molecule has 130 valence electrons. The van der Waals surface area contributed by atoms with E-state index in [1.54, 1.807) is 24.7 Å². The number of aromatic nitrogens is 3. The summed E-state index contributed by atoms with van der Waals surface area (Å²) in [5, 5.41) is 9.35. The zero-order valence-corrected chi connectivity index (χ0v) is 15.3.